The van der Waals surface area contributed by atoms with Crippen LogP contribution in [-0.2, 0) is 9.59 Å². The van der Waals surface area contributed by atoms with Gasteiger partial charge in [0.15, 0.2) is 11.6 Å². The number of aromatic amines is 1. The zero-order valence-corrected chi connectivity index (χ0v) is 24.1. The van der Waals surface area contributed by atoms with Gasteiger partial charge in [0.1, 0.15) is 6.54 Å². The van der Waals surface area contributed by atoms with E-state index in [9.17, 15) is 19.2 Å². The lowest BCUT2D eigenvalue weighted by molar-refractivity contribution is -0.122. The molecule has 0 spiro atoms. The van der Waals surface area contributed by atoms with Crippen LogP contribution >= 0.6 is 0 Å². The number of nitrogens with zero attached hydrogens (tertiary/aromatic N) is 4. The highest BCUT2D eigenvalue weighted by molar-refractivity contribution is 6.13. The molecular weight excluding hydrogens is 548 g/mol. The molecule has 3 aliphatic rings. The van der Waals surface area contributed by atoms with Gasteiger partial charge in [-0.1, -0.05) is 68.9 Å². The molecule has 3 aromatic rings. The summed E-state index contributed by atoms with van der Waals surface area (Å²) >= 11 is 0. The molecule has 2 aliphatic carbocycles. The third-order valence-electron chi connectivity index (χ3n) is 8.67. The second-order valence-corrected chi connectivity index (χ2v) is 11.6. The highest BCUT2D eigenvalue weighted by Gasteiger charge is 2.36. The number of amides is 3. The second kappa shape index (κ2) is 12.8. The van der Waals surface area contributed by atoms with Crippen molar-refractivity contribution < 1.29 is 18.9 Å². The van der Waals surface area contributed by atoms with Crippen molar-refractivity contribution in [1.29, 1.82) is 0 Å². The van der Waals surface area contributed by atoms with Crippen LogP contribution in [0.5, 0.6) is 0 Å². The van der Waals surface area contributed by atoms with Crippen molar-refractivity contribution in [3.8, 4) is 11.4 Å². The molecule has 1 aromatic heterocycles. The number of para-hydroxylation sites is 1. The molecule has 224 valence electrons. The topological polar surface area (TPSA) is 141 Å². The summed E-state index contributed by atoms with van der Waals surface area (Å²) in [5.41, 5.74) is 3.31. The van der Waals surface area contributed by atoms with Gasteiger partial charge >= 0.3 is 11.8 Å². The molecule has 1 aliphatic heterocycles. The number of Topliss-reactive ketones (excluding diaryl/α,β-unsaturated/α-hetero) is 1. The average molecular weight is 585 g/mol. The Morgan fingerprint density at radius 3 is 2.40 bits per heavy atom. The summed E-state index contributed by atoms with van der Waals surface area (Å²) in [6, 6.07) is 13.9. The Labute approximate surface area is 249 Å². The number of aromatic nitrogens is 2. The number of rotatable bonds is 8. The van der Waals surface area contributed by atoms with Crippen molar-refractivity contribution in [3.63, 3.8) is 0 Å². The van der Waals surface area contributed by atoms with E-state index in [1.807, 2.05) is 24.3 Å². The minimum atomic E-state index is -0.747. The lowest BCUT2D eigenvalue weighted by Crippen LogP contribution is -2.46. The zero-order chi connectivity index (χ0) is 29.8. The molecule has 11 heteroatoms. The molecule has 2 N–H and O–H groups in total. The Morgan fingerprint density at radius 2 is 1.65 bits per heavy atom. The van der Waals surface area contributed by atoms with Gasteiger partial charge in [-0.05, 0) is 43.9 Å². The van der Waals surface area contributed by atoms with Crippen molar-refractivity contribution in [1.82, 2.24) is 15.1 Å². The first kappa shape index (κ1) is 28.6. The number of nitrogens with one attached hydrogen (secondary N) is 2. The van der Waals surface area contributed by atoms with Crippen LogP contribution in [-0.4, -0.2) is 51.7 Å². The predicted octanol–water partition coefficient (Wildman–Crippen LogP) is 5.34. The third-order valence-corrected chi connectivity index (χ3v) is 8.67. The van der Waals surface area contributed by atoms with Crippen LogP contribution < -0.4 is 16.0 Å². The summed E-state index contributed by atoms with van der Waals surface area (Å²) < 4.78 is 4.66. The average Bonchev–Trinajstić information content (AvgIpc) is 3.44. The van der Waals surface area contributed by atoms with E-state index in [0.717, 1.165) is 69.1 Å². The molecule has 2 fully saturated rings. The van der Waals surface area contributed by atoms with Gasteiger partial charge in [0.05, 0.1) is 17.9 Å². The summed E-state index contributed by atoms with van der Waals surface area (Å²) in [5, 5.41) is 11.4. The predicted molar refractivity (Wildman–Crippen MR) is 162 cm³/mol. The first-order valence-electron chi connectivity index (χ1n) is 15.2. The van der Waals surface area contributed by atoms with E-state index in [0.29, 0.717) is 16.9 Å². The SMILES string of the molecule is O=C(CN1N=C(C2CCCCC2)c2ccccc2N(CC(=O)C2CCCCC2)C1=O)Nc1cccc(-c2nc(=O)o[nH]2)c1. The fourth-order valence-electron chi connectivity index (χ4n) is 6.47. The monoisotopic (exact) mass is 584 g/mol. The van der Waals surface area contributed by atoms with Gasteiger partial charge in [0.25, 0.3) is 0 Å². The highest BCUT2D eigenvalue weighted by Crippen LogP contribution is 2.35. The molecule has 0 unspecified atom stereocenters. The van der Waals surface area contributed by atoms with Crippen molar-refractivity contribution in [3.05, 3.63) is 64.6 Å². The Morgan fingerprint density at radius 1 is 0.907 bits per heavy atom. The largest absolute Gasteiger partial charge is 0.460 e. The smallest absolute Gasteiger partial charge is 0.324 e. The molecule has 6 rings (SSSR count). The van der Waals surface area contributed by atoms with Gasteiger partial charge in [-0.2, -0.15) is 15.2 Å². The Bertz CT molecular complexity index is 1580. The maximum Gasteiger partial charge on any atom is 0.460 e. The van der Waals surface area contributed by atoms with Crippen molar-refractivity contribution >= 4 is 34.8 Å². The quantitative estimate of drug-likeness (QED) is 0.366. The number of hydrogen-bond donors (Lipinski definition) is 2. The molecule has 3 amide bonds. The van der Waals surface area contributed by atoms with Gasteiger partial charge in [0, 0.05) is 28.7 Å². The number of benzene rings is 2. The van der Waals surface area contributed by atoms with Crippen LogP contribution in [0, 0.1) is 11.8 Å². The number of hydrazone groups is 1. The van der Waals surface area contributed by atoms with Gasteiger partial charge < -0.3 is 9.84 Å². The van der Waals surface area contributed by atoms with Crippen molar-refractivity contribution in [2.45, 2.75) is 64.2 Å². The maximum atomic E-state index is 14.1. The Balaban J connectivity index is 1.29. The van der Waals surface area contributed by atoms with Crippen LogP contribution in [0.1, 0.15) is 69.8 Å². The standard InChI is InChI=1S/C32H36N6O5/c39-27(21-10-3-1-4-11-21)19-37-26-17-8-7-16-25(26)29(22-12-5-2-6-13-22)35-38(32(37)42)20-28(40)33-24-15-9-14-23(18-24)30-34-31(41)43-36-30/h7-9,14-18,21-22H,1-6,10-13,19-20H2,(H,33,40)(H,34,36,41). The van der Waals surface area contributed by atoms with Crippen molar-refractivity contribution in [2.75, 3.05) is 23.3 Å². The molecule has 11 nitrogen and oxygen atoms in total. The number of fused-ring (bicyclic) bond motifs is 1. The number of carbonyl (C=O) groups is 3. The van der Waals surface area contributed by atoms with Crippen LogP contribution in [0.4, 0.5) is 16.2 Å². The molecule has 2 aromatic carbocycles. The lowest BCUT2D eigenvalue weighted by atomic mass is 9.82. The molecule has 0 atom stereocenters. The first-order chi connectivity index (χ1) is 21.0. The van der Waals surface area contributed by atoms with E-state index in [4.69, 9.17) is 5.10 Å². The zero-order valence-electron chi connectivity index (χ0n) is 24.1. The van der Waals surface area contributed by atoms with Gasteiger partial charge in [-0.3, -0.25) is 14.5 Å². The number of carbonyl (C=O) groups excluding carboxylic acids is 3. The summed E-state index contributed by atoms with van der Waals surface area (Å²) in [5.74, 6) is -0.806. The first-order valence-corrected chi connectivity index (χ1v) is 15.2. The summed E-state index contributed by atoms with van der Waals surface area (Å²) in [6.07, 6.45) is 10.1. The summed E-state index contributed by atoms with van der Waals surface area (Å²) in [6.45, 7) is -0.383. The van der Waals surface area contributed by atoms with E-state index in [1.165, 1.54) is 16.3 Å². The van der Waals surface area contributed by atoms with E-state index in [1.54, 1.807) is 24.3 Å². The van der Waals surface area contributed by atoms with Crippen LogP contribution in [0.2, 0.25) is 0 Å². The lowest BCUT2D eigenvalue weighted by Gasteiger charge is -2.28. The van der Waals surface area contributed by atoms with Crippen molar-refractivity contribution in [2.24, 2.45) is 16.9 Å². The van der Waals surface area contributed by atoms with E-state index >= 15 is 0 Å². The maximum absolute atomic E-state index is 14.1. The van der Waals surface area contributed by atoms with Crippen LogP contribution in [0.15, 0.2) is 62.9 Å². The molecule has 0 bridgehead atoms. The normalized spacial score (nSPS) is 18.1. The summed E-state index contributed by atoms with van der Waals surface area (Å²) in [7, 11) is 0. The molecule has 2 saturated carbocycles. The molecule has 0 saturated heterocycles. The minimum absolute atomic E-state index is 0.0515. The molecule has 43 heavy (non-hydrogen) atoms. The van der Waals surface area contributed by atoms with E-state index in [2.05, 4.69) is 20.0 Å². The van der Waals surface area contributed by atoms with Gasteiger partial charge in [-0.25, -0.2) is 14.6 Å². The molecular formula is C32H36N6O5. The highest BCUT2D eigenvalue weighted by atomic mass is 16.5. The third kappa shape index (κ3) is 6.45. The van der Waals surface area contributed by atoms with Crippen LogP contribution in [0.3, 0.4) is 0 Å². The number of urea groups is 1. The summed E-state index contributed by atoms with van der Waals surface area (Å²) in [4.78, 5) is 57.6. The van der Waals surface area contributed by atoms with E-state index in [-0.39, 0.29) is 36.5 Å². The van der Waals surface area contributed by atoms with Crippen LogP contribution in [0.25, 0.3) is 11.4 Å². The fourth-order valence-corrected chi connectivity index (χ4v) is 6.47. The Kier molecular flexibility index (Phi) is 8.48. The number of anilines is 2. The van der Waals surface area contributed by atoms with Gasteiger partial charge in [0.2, 0.25) is 5.91 Å². The minimum Gasteiger partial charge on any atom is -0.324 e. The molecule has 0 radical (unpaired) electrons. The van der Waals surface area contributed by atoms with E-state index < -0.39 is 17.7 Å². The number of H-pyrrole nitrogens is 1. The second-order valence-electron chi connectivity index (χ2n) is 11.6. The molecule has 2 heterocycles. The fraction of sp³-hybridized carbons (Fsp3) is 0.438. The number of ketones is 1. The van der Waals surface area contributed by atoms with Gasteiger partial charge in [-0.15, -0.1) is 0 Å². The number of hydrogen-bond acceptors (Lipinski definition) is 7. The Hall–Kier alpha value is -4.54.